The normalized spacial score (nSPS) is 9.94. The van der Waals surface area contributed by atoms with E-state index in [1.165, 1.54) is 6.20 Å². The van der Waals surface area contributed by atoms with Crippen molar-refractivity contribution in [3.63, 3.8) is 0 Å². The van der Waals surface area contributed by atoms with Crippen LogP contribution in [0.15, 0.2) is 28.5 Å². The fourth-order valence-corrected chi connectivity index (χ4v) is 1.81. The Morgan fingerprint density at radius 1 is 1.56 bits per heavy atom. The van der Waals surface area contributed by atoms with Crippen molar-refractivity contribution in [3.8, 4) is 6.07 Å². The van der Waals surface area contributed by atoms with E-state index in [0.29, 0.717) is 15.7 Å². The molecule has 0 amide bonds. The van der Waals surface area contributed by atoms with E-state index in [1.807, 2.05) is 6.07 Å². The Hall–Kier alpha value is -2.47. The zero-order valence-electron chi connectivity index (χ0n) is 8.89. The number of carboxylic acids is 1. The van der Waals surface area contributed by atoms with E-state index in [4.69, 9.17) is 10.4 Å². The lowest BCUT2D eigenvalue weighted by molar-refractivity contribution is -0.138. The van der Waals surface area contributed by atoms with Crippen molar-refractivity contribution in [1.82, 2.24) is 25.2 Å². The first-order chi connectivity index (χ1) is 8.69. The maximum atomic E-state index is 10.6. The van der Waals surface area contributed by atoms with Crippen molar-refractivity contribution in [2.45, 2.75) is 16.7 Å². The molecule has 1 N–H and O–H groups in total. The molecule has 0 aliphatic rings. The molecule has 2 rings (SSSR count). The standard InChI is InChI=1S/C9H6N6O2S/c10-3-6-1-2-7(11-4-6)18-9-12-13-14-15(9)5-8(16)17/h1-2,4H,5H2,(H,16,17). The van der Waals surface area contributed by atoms with Crippen LogP contribution < -0.4 is 0 Å². The highest BCUT2D eigenvalue weighted by Gasteiger charge is 2.11. The highest BCUT2D eigenvalue weighted by atomic mass is 32.2. The lowest BCUT2D eigenvalue weighted by atomic mass is 10.3. The van der Waals surface area contributed by atoms with E-state index < -0.39 is 5.97 Å². The van der Waals surface area contributed by atoms with E-state index in [0.717, 1.165) is 16.4 Å². The van der Waals surface area contributed by atoms with Crippen LogP contribution in [0.2, 0.25) is 0 Å². The minimum Gasteiger partial charge on any atom is -0.480 e. The highest BCUT2D eigenvalue weighted by Crippen LogP contribution is 2.22. The summed E-state index contributed by atoms with van der Waals surface area (Å²) in [6.45, 7) is -0.314. The van der Waals surface area contributed by atoms with Gasteiger partial charge in [0.2, 0.25) is 5.16 Å². The number of hydrogen-bond donors (Lipinski definition) is 1. The second-order valence-electron chi connectivity index (χ2n) is 3.11. The Morgan fingerprint density at radius 2 is 2.39 bits per heavy atom. The van der Waals surface area contributed by atoms with Gasteiger partial charge in [-0.05, 0) is 34.3 Å². The molecule has 0 saturated heterocycles. The number of carboxylic acid groups (broad SMARTS) is 1. The summed E-state index contributed by atoms with van der Waals surface area (Å²) >= 11 is 1.13. The van der Waals surface area contributed by atoms with E-state index in [2.05, 4.69) is 20.5 Å². The third kappa shape index (κ3) is 2.80. The molecule has 0 aromatic carbocycles. The molecule has 2 heterocycles. The predicted octanol–water partition coefficient (Wildman–Crippen LogP) is 0.176. The summed E-state index contributed by atoms with van der Waals surface area (Å²) in [7, 11) is 0. The predicted molar refractivity (Wildman–Crippen MR) is 58.5 cm³/mol. The van der Waals surface area contributed by atoms with Gasteiger partial charge < -0.3 is 5.11 Å². The topological polar surface area (TPSA) is 118 Å². The van der Waals surface area contributed by atoms with E-state index in [9.17, 15) is 4.79 Å². The smallest absolute Gasteiger partial charge is 0.325 e. The molecule has 0 radical (unpaired) electrons. The number of aromatic nitrogens is 5. The lowest BCUT2D eigenvalue weighted by Crippen LogP contribution is -2.11. The van der Waals surface area contributed by atoms with Crippen LogP contribution >= 0.6 is 11.8 Å². The maximum absolute atomic E-state index is 10.6. The number of rotatable bonds is 4. The highest BCUT2D eigenvalue weighted by molar-refractivity contribution is 7.99. The van der Waals surface area contributed by atoms with Gasteiger partial charge in [-0.15, -0.1) is 5.10 Å². The second-order valence-corrected chi connectivity index (χ2v) is 4.10. The summed E-state index contributed by atoms with van der Waals surface area (Å²) < 4.78 is 1.16. The SMILES string of the molecule is N#Cc1ccc(Sc2nnnn2CC(=O)O)nc1. The number of pyridine rings is 1. The monoisotopic (exact) mass is 262 g/mol. The second kappa shape index (κ2) is 5.24. The quantitative estimate of drug-likeness (QED) is 0.828. The Morgan fingerprint density at radius 3 is 3.00 bits per heavy atom. The largest absolute Gasteiger partial charge is 0.480 e. The van der Waals surface area contributed by atoms with Crippen LogP contribution in [-0.4, -0.2) is 36.3 Å². The Kier molecular flexibility index (Phi) is 3.49. The Labute approximate surface area is 105 Å². The zero-order valence-corrected chi connectivity index (χ0v) is 9.70. The van der Waals surface area contributed by atoms with Gasteiger partial charge in [-0.3, -0.25) is 4.79 Å². The van der Waals surface area contributed by atoms with Crippen molar-refractivity contribution >= 4 is 17.7 Å². The van der Waals surface area contributed by atoms with Crippen LogP contribution in [0.1, 0.15) is 5.56 Å². The fraction of sp³-hybridized carbons (Fsp3) is 0.111. The number of nitriles is 1. The molecule has 0 saturated carbocycles. The number of hydrogen-bond acceptors (Lipinski definition) is 7. The van der Waals surface area contributed by atoms with Crippen LogP contribution in [-0.2, 0) is 11.3 Å². The third-order valence-corrected chi connectivity index (χ3v) is 2.77. The number of tetrazole rings is 1. The van der Waals surface area contributed by atoms with Gasteiger partial charge in [-0.1, -0.05) is 0 Å². The van der Waals surface area contributed by atoms with Crippen LogP contribution in [0.5, 0.6) is 0 Å². The Balaban J connectivity index is 2.16. The van der Waals surface area contributed by atoms with Crippen molar-refractivity contribution in [3.05, 3.63) is 23.9 Å². The van der Waals surface area contributed by atoms with Gasteiger partial charge in [0.15, 0.2) is 0 Å². The van der Waals surface area contributed by atoms with Crippen molar-refractivity contribution in [2.24, 2.45) is 0 Å². The summed E-state index contributed by atoms with van der Waals surface area (Å²) in [6.07, 6.45) is 1.42. The average Bonchev–Trinajstić information content (AvgIpc) is 2.77. The summed E-state index contributed by atoms with van der Waals surface area (Å²) in [4.78, 5) is 14.6. The zero-order chi connectivity index (χ0) is 13.0. The summed E-state index contributed by atoms with van der Waals surface area (Å²) in [5, 5.41) is 28.9. The minimum atomic E-state index is -1.03. The van der Waals surface area contributed by atoms with Gasteiger partial charge in [0, 0.05) is 6.20 Å². The van der Waals surface area contributed by atoms with Crippen molar-refractivity contribution < 1.29 is 9.90 Å². The first-order valence-corrected chi connectivity index (χ1v) is 5.52. The molecule has 90 valence electrons. The van der Waals surface area contributed by atoms with Gasteiger partial charge >= 0.3 is 5.97 Å². The molecule has 2 aromatic heterocycles. The van der Waals surface area contributed by atoms with Gasteiger partial charge in [0.25, 0.3) is 0 Å². The number of nitrogens with zero attached hydrogens (tertiary/aromatic N) is 6. The third-order valence-electron chi connectivity index (χ3n) is 1.85. The molecule has 8 nitrogen and oxygen atoms in total. The molecular formula is C9H6N6O2S. The van der Waals surface area contributed by atoms with E-state index in [-0.39, 0.29) is 6.54 Å². The summed E-state index contributed by atoms with van der Waals surface area (Å²) in [6, 6.07) is 5.21. The molecule has 18 heavy (non-hydrogen) atoms. The molecule has 0 atom stereocenters. The number of carbonyl (C=O) groups is 1. The summed E-state index contributed by atoms with van der Waals surface area (Å²) in [5.74, 6) is -1.03. The van der Waals surface area contributed by atoms with Gasteiger partial charge in [0.05, 0.1) is 5.56 Å². The molecule has 0 bridgehead atoms. The van der Waals surface area contributed by atoms with Crippen LogP contribution in [0.25, 0.3) is 0 Å². The molecule has 0 fully saturated rings. The molecule has 0 aliphatic carbocycles. The summed E-state index contributed by atoms with van der Waals surface area (Å²) in [5.41, 5.74) is 0.449. The van der Waals surface area contributed by atoms with Crippen LogP contribution in [0, 0.1) is 11.3 Å². The first-order valence-electron chi connectivity index (χ1n) is 4.71. The first kappa shape index (κ1) is 12.0. The van der Waals surface area contributed by atoms with Gasteiger partial charge in [0.1, 0.15) is 17.6 Å². The average molecular weight is 262 g/mol. The lowest BCUT2D eigenvalue weighted by Gasteiger charge is -2.00. The van der Waals surface area contributed by atoms with Crippen LogP contribution in [0.3, 0.4) is 0 Å². The molecule has 0 spiro atoms. The van der Waals surface area contributed by atoms with Gasteiger partial charge in [-0.25, -0.2) is 9.67 Å². The van der Waals surface area contributed by atoms with Crippen molar-refractivity contribution in [1.29, 1.82) is 5.26 Å². The van der Waals surface area contributed by atoms with Gasteiger partial charge in [-0.2, -0.15) is 5.26 Å². The fourth-order valence-electron chi connectivity index (χ4n) is 1.10. The molecule has 0 aliphatic heterocycles. The van der Waals surface area contributed by atoms with Crippen LogP contribution in [0.4, 0.5) is 0 Å². The maximum Gasteiger partial charge on any atom is 0.325 e. The van der Waals surface area contributed by atoms with E-state index >= 15 is 0 Å². The molecule has 2 aromatic rings. The molecule has 0 unspecified atom stereocenters. The molecule has 9 heteroatoms. The van der Waals surface area contributed by atoms with E-state index in [1.54, 1.807) is 12.1 Å². The molecular weight excluding hydrogens is 256 g/mol. The Bertz CT molecular complexity index is 602. The number of aliphatic carboxylic acids is 1. The van der Waals surface area contributed by atoms with Crippen molar-refractivity contribution in [2.75, 3.05) is 0 Å². The minimum absolute atomic E-state index is 0.314.